The first-order chi connectivity index (χ1) is 29.5. The van der Waals surface area contributed by atoms with Gasteiger partial charge in [-0.25, -0.2) is 0 Å². The summed E-state index contributed by atoms with van der Waals surface area (Å²) < 4.78 is 5.84. The number of allylic oxidation sites excluding steroid dienone is 11. The van der Waals surface area contributed by atoms with Crippen molar-refractivity contribution in [1.29, 1.82) is 0 Å². The molecule has 3 atom stereocenters. The van der Waals surface area contributed by atoms with Crippen LogP contribution < -0.4 is 5.32 Å². The van der Waals surface area contributed by atoms with Crippen LogP contribution in [0.15, 0.2) is 72.9 Å². The van der Waals surface area contributed by atoms with Gasteiger partial charge in [0.05, 0.1) is 25.2 Å². The van der Waals surface area contributed by atoms with E-state index in [2.05, 4.69) is 86.8 Å². The Hall–Kier alpha value is -2.70. The molecule has 0 rings (SSSR count). The number of rotatable bonds is 44. The molecule has 0 saturated heterocycles. The van der Waals surface area contributed by atoms with E-state index in [1.165, 1.54) is 96.3 Å². The fourth-order valence-electron chi connectivity index (χ4n) is 7.22. The standard InChI is InChI=1S/C54H95NO5/c1-4-7-10-13-16-19-22-24-26-28-30-32-34-37-40-43-46-52(57)51(49-56)55-53(58)48-50(60-54(59)47-44-41-38-35-21-18-15-12-9-6-3)45-42-39-36-33-31-29-27-25-23-20-17-14-11-8-5-2/h8,11-12,15,17,20,25,27,31,33,39,42,50-52,56-57H,4-7,9-10,13-14,16,18-19,21-24,26,28-30,32,34-38,40-41,43-49H2,1-3H3,(H,55,58)/b11-8-,15-12-,20-17-,27-25-,33-31-,42-39-. The Balaban J connectivity index is 4.66. The minimum atomic E-state index is -0.815. The highest BCUT2D eigenvalue weighted by Gasteiger charge is 2.23. The number of esters is 1. The molecule has 0 saturated carbocycles. The lowest BCUT2D eigenvalue weighted by molar-refractivity contribution is -0.150. The third-order valence-electron chi connectivity index (χ3n) is 11.0. The number of carbonyl (C=O) groups is 2. The number of unbranched alkanes of at least 4 members (excludes halogenated alkanes) is 21. The Morgan fingerprint density at radius 3 is 1.47 bits per heavy atom. The predicted molar refractivity (Wildman–Crippen MR) is 259 cm³/mol. The highest BCUT2D eigenvalue weighted by Crippen LogP contribution is 2.16. The van der Waals surface area contributed by atoms with Gasteiger partial charge in [-0.3, -0.25) is 9.59 Å². The summed E-state index contributed by atoms with van der Waals surface area (Å²) in [4.78, 5) is 26.0. The molecule has 0 aliphatic rings. The Bertz CT molecular complexity index is 1120. The number of nitrogens with one attached hydrogen (secondary N) is 1. The average Bonchev–Trinajstić information content (AvgIpc) is 3.24. The molecule has 0 fully saturated rings. The average molecular weight is 838 g/mol. The highest BCUT2D eigenvalue weighted by molar-refractivity contribution is 5.77. The maximum atomic E-state index is 13.2. The Kier molecular flexibility index (Phi) is 45.2. The molecule has 0 bridgehead atoms. The van der Waals surface area contributed by atoms with Crippen molar-refractivity contribution < 1.29 is 24.5 Å². The van der Waals surface area contributed by atoms with Crippen LogP contribution in [0, 0.1) is 0 Å². The molecular weight excluding hydrogens is 743 g/mol. The van der Waals surface area contributed by atoms with E-state index >= 15 is 0 Å². The van der Waals surface area contributed by atoms with Crippen molar-refractivity contribution in [1.82, 2.24) is 5.32 Å². The molecule has 6 heteroatoms. The molecule has 0 aromatic rings. The molecule has 3 N–H and O–H groups in total. The second-order valence-corrected chi connectivity index (χ2v) is 16.8. The maximum absolute atomic E-state index is 13.2. The monoisotopic (exact) mass is 838 g/mol. The molecule has 346 valence electrons. The highest BCUT2D eigenvalue weighted by atomic mass is 16.5. The number of hydrogen-bond donors (Lipinski definition) is 3. The van der Waals surface area contributed by atoms with E-state index in [0.717, 1.165) is 89.9 Å². The van der Waals surface area contributed by atoms with Crippen molar-refractivity contribution in [2.24, 2.45) is 0 Å². The van der Waals surface area contributed by atoms with Crippen molar-refractivity contribution in [3.8, 4) is 0 Å². The zero-order valence-corrected chi connectivity index (χ0v) is 39.3. The molecule has 0 aliphatic carbocycles. The van der Waals surface area contributed by atoms with E-state index in [1.54, 1.807) is 0 Å². The summed E-state index contributed by atoms with van der Waals surface area (Å²) in [6.45, 7) is 6.28. The molecule has 0 aliphatic heterocycles. The first-order valence-electron chi connectivity index (χ1n) is 25.2. The van der Waals surface area contributed by atoms with Crippen LogP contribution in [-0.4, -0.2) is 46.9 Å². The van der Waals surface area contributed by atoms with Crippen LogP contribution in [0.1, 0.15) is 233 Å². The van der Waals surface area contributed by atoms with Gasteiger partial charge >= 0.3 is 5.97 Å². The van der Waals surface area contributed by atoms with E-state index in [9.17, 15) is 19.8 Å². The summed E-state index contributed by atoms with van der Waals surface area (Å²) in [5, 5.41) is 23.7. The molecule has 6 nitrogen and oxygen atoms in total. The molecule has 0 aromatic heterocycles. The molecule has 3 unspecified atom stereocenters. The second-order valence-electron chi connectivity index (χ2n) is 16.8. The van der Waals surface area contributed by atoms with Gasteiger partial charge in [0.1, 0.15) is 6.10 Å². The van der Waals surface area contributed by atoms with Gasteiger partial charge < -0.3 is 20.3 Å². The van der Waals surface area contributed by atoms with E-state index in [0.29, 0.717) is 19.3 Å². The second kappa shape index (κ2) is 47.4. The van der Waals surface area contributed by atoms with E-state index < -0.39 is 18.2 Å². The van der Waals surface area contributed by atoms with Crippen LogP contribution in [-0.2, 0) is 14.3 Å². The van der Waals surface area contributed by atoms with Gasteiger partial charge in [-0.1, -0.05) is 222 Å². The van der Waals surface area contributed by atoms with Crippen molar-refractivity contribution in [3.63, 3.8) is 0 Å². The zero-order chi connectivity index (χ0) is 43.8. The van der Waals surface area contributed by atoms with Crippen molar-refractivity contribution >= 4 is 11.9 Å². The van der Waals surface area contributed by atoms with Crippen LogP contribution in [0.5, 0.6) is 0 Å². The van der Waals surface area contributed by atoms with Crippen LogP contribution in [0.25, 0.3) is 0 Å². The van der Waals surface area contributed by atoms with Crippen LogP contribution >= 0.6 is 0 Å². The Labute approximate surface area is 371 Å². The van der Waals surface area contributed by atoms with Gasteiger partial charge in [-0.05, 0) is 64.2 Å². The SMILES string of the molecule is CC/C=C\C/C=C\C/C=C\C/C=C\C/C=C\CC(CC(=O)NC(CO)C(O)CCCCCCCCCCCCCCCCCC)OC(=O)CCCCCCC/C=C\CCC. The molecule has 0 spiro atoms. The van der Waals surface area contributed by atoms with Gasteiger partial charge in [0.2, 0.25) is 5.91 Å². The Morgan fingerprint density at radius 2 is 0.967 bits per heavy atom. The fraction of sp³-hybridized carbons (Fsp3) is 0.741. The number of aliphatic hydroxyl groups excluding tert-OH is 2. The van der Waals surface area contributed by atoms with Gasteiger partial charge in [0.15, 0.2) is 0 Å². The summed E-state index contributed by atoms with van der Waals surface area (Å²) in [6, 6.07) is -0.735. The van der Waals surface area contributed by atoms with Crippen LogP contribution in [0.4, 0.5) is 0 Å². The summed E-state index contributed by atoms with van der Waals surface area (Å²) >= 11 is 0. The van der Waals surface area contributed by atoms with E-state index in [-0.39, 0.29) is 24.9 Å². The van der Waals surface area contributed by atoms with Crippen LogP contribution in [0.3, 0.4) is 0 Å². The van der Waals surface area contributed by atoms with Crippen molar-refractivity contribution in [2.45, 2.75) is 251 Å². The minimum absolute atomic E-state index is 0.00608. The molecule has 60 heavy (non-hydrogen) atoms. The first-order valence-corrected chi connectivity index (χ1v) is 25.2. The van der Waals surface area contributed by atoms with Crippen molar-refractivity contribution in [2.75, 3.05) is 6.61 Å². The third kappa shape index (κ3) is 42.0. The van der Waals surface area contributed by atoms with E-state index in [4.69, 9.17) is 4.74 Å². The maximum Gasteiger partial charge on any atom is 0.306 e. The number of ether oxygens (including phenoxy) is 1. The smallest absolute Gasteiger partial charge is 0.306 e. The molecule has 0 aromatic carbocycles. The molecule has 0 heterocycles. The zero-order valence-electron chi connectivity index (χ0n) is 39.3. The van der Waals surface area contributed by atoms with E-state index in [1.807, 2.05) is 12.2 Å². The van der Waals surface area contributed by atoms with Gasteiger partial charge in [-0.15, -0.1) is 0 Å². The number of amides is 1. The van der Waals surface area contributed by atoms with Gasteiger partial charge in [0, 0.05) is 12.8 Å². The molecule has 1 amide bonds. The Morgan fingerprint density at radius 1 is 0.517 bits per heavy atom. The lowest BCUT2D eigenvalue weighted by atomic mass is 10.0. The predicted octanol–water partition coefficient (Wildman–Crippen LogP) is 15.0. The number of hydrogen-bond acceptors (Lipinski definition) is 5. The minimum Gasteiger partial charge on any atom is -0.461 e. The number of carbonyl (C=O) groups excluding carboxylic acids is 2. The summed E-state index contributed by atoms with van der Waals surface area (Å²) in [5.41, 5.74) is 0. The topological polar surface area (TPSA) is 95.9 Å². The summed E-state index contributed by atoms with van der Waals surface area (Å²) in [6.07, 6.45) is 59.8. The van der Waals surface area contributed by atoms with Gasteiger partial charge in [-0.2, -0.15) is 0 Å². The normalized spacial score (nSPS) is 13.9. The summed E-state index contributed by atoms with van der Waals surface area (Å²) in [7, 11) is 0. The summed E-state index contributed by atoms with van der Waals surface area (Å²) in [5.74, 6) is -0.594. The quantitative estimate of drug-likeness (QED) is 0.0323. The van der Waals surface area contributed by atoms with Crippen LogP contribution in [0.2, 0.25) is 0 Å². The van der Waals surface area contributed by atoms with Crippen molar-refractivity contribution in [3.05, 3.63) is 72.9 Å². The molecule has 0 radical (unpaired) electrons. The molecular formula is C54H95NO5. The lowest BCUT2D eigenvalue weighted by Crippen LogP contribution is -2.46. The fourth-order valence-corrected chi connectivity index (χ4v) is 7.22. The third-order valence-corrected chi connectivity index (χ3v) is 11.0. The number of aliphatic hydroxyl groups is 2. The largest absolute Gasteiger partial charge is 0.461 e. The lowest BCUT2D eigenvalue weighted by Gasteiger charge is -2.24. The van der Waals surface area contributed by atoms with Gasteiger partial charge in [0.25, 0.3) is 0 Å². The first kappa shape index (κ1) is 57.3.